The zero-order valence-electron chi connectivity index (χ0n) is 9.84. The fourth-order valence-electron chi connectivity index (χ4n) is 2.47. The number of hydrogen-bond donors (Lipinski definition) is 1. The highest BCUT2D eigenvalue weighted by Crippen LogP contribution is 2.40. The van der Waals surface area contributed by atoms with Crippen LogP contribution in [-0.2, 0) is 22.8 Å². The molecular formula is C13H13F3O2. The Balaban J connectivity index is 2.59. The molecule has 98 valence electrons. The molecule has 2 nitrogen and oxygen atoms in total. The normalized spacial score (nSPS) is 23.6. The SMILES string of the molecule is CC1(C(=O)O)CCCc2ccc(C(F)(F)F)cc21. The summed E-state index contributed by atoms with van der Waals surface area (Å²) < 4.78 is 38.0. The van der Waals surface area contributed by atoms with Crippen LogP contribution in [0.15, 0.2) is 18.2 Å². The van der Waals surface area contributed by atoms with E-state index < -0.39 is 23.1 Å². The number of alkyl halides is 3. The molecule has 18 heavy (non-hydrogen) atoms. The van der Waals surface area contributed by atoms with Crippen LogP contribution in [0.3, 0.4) is 0 Å². The first-order chi connectivity index (χ1) is 8.25. The Morgan fingerprint density at radius 2 is 2.06 bits per heavy atom. The molecule has 1 N–H and O–H groups in total. The first-order valence-corrected chi connectivity index (χ1v) is 5.69. The van der Waals surface area contributed by atoms with Gasteiger partial charge in [0.2, 0.25) is 0 Å². The van der Waals surface area contributed by atoms with Gasteiger partial charge in [-0.1, -0.05) is 6.07 Å². The summed E-state index contributed by atoms with van der Waals surface area (Å²) in [7, 11) is 0. The minimum Gasteiger partial charge on any atom is -0.481 e. The van der Waals surface area contributed by atoms with E-state index in [0.717, 1.165) is 12.1 Å². The van der Waals surface area contributed by atoms with Gasteiger partial charge in [-0.15, -0.1) is 0 Å². The second-order valence-corrected chi connectivity index (χ2v) is 4.86. The van der Waals surface area contributed by atoms with Crippen molar-refractivity contribution in [2.45, 2.75) is 37.8 Å². The van der Waals surface area contributed by atoms with Gasteiger partial charge in [-0.3, -0.25) is 4.79 Å². The molecule has 0 aliphatic heterocycles. The molecule has 0 radical (unpaired) electrons. The lowest BCUT2D eigenvalue weighted by Gasteiger charge is -2.32. The summed E-state index contributed by atoms with van der Waals surface area (Å²) in [5.41, 5.74) is -0.986. The van der Waals surface area contributed by atoms with Crippen molar-refractivity contribution < 1.29 is 23.1 Å². The molecule has 0 fully saturated rings. The van der Waals surface area contributed by atoms with Crippen molar-refractivity contribution in [2.24, 2.45) is 0 Å². The lowest BCUT2D eigenvalue weighted by Crippen LogP contribution is -2.36. The third-order valence-electron chi connectivity index (χ3n) is 3.63. The molecule has 1 aliphatic carbocycles. The molecule has 0 saturated heterocycles. The Hall–Kier alpha value is -1.52. The lowest BCUT2D eigenvalue weighted by molar-refractivity contribution is -0.144. The minimum absolute atomic E-state index is 0.302. The molecule has 5 heteroatoms. The molecule has 0 aromatic heterocycles. The number of aryl methyl sites for hydroxylation is 1. The van der Waals surface area contributed by atoms with Crippen LogP contribution in [0.5, 0.6) is 0 Å². The lowest BCUT2D eigenvalue weighted by atomic mass is 9.71. The van der Waals surface area contributed by atoms with Crippen LogP contribution in [0.1, 0.15) is 36.5 Å². The number of fused-ring (bicyclic) bond motifs is 1. The summed E-state index contributed by atoms with van der Waals surface area (Å²) in [6.45, 7) is 1.49. The number of benzene rings is 1. The maximum absolute atomic E-state index is 12.7. The van der Waals surface area contributed by atoms with E-state index >= 15 is 0 Å². The molecular weight excluding hydrogens is 245 g/mol. The maximum atomic E-state index is 12.7. The van der Waals surface area contributed by atoms with E-state index in [0.29, 0.717) is 30.4 Å². The molecule has 2 rings (SSSR count). The molecule has 1 aromatic rings. The Labute approximate surface area is 102 Å². The van der Waals surface area contributed by atoms with Gasteiger partial charge in [-0.25, -0.2) is 0 Å². The van der Waals surface area contributed by atoms with Gasteiger partial charge in [-0.2, -0.15) is 13.2 Å². The van der Waals surface area contributed by atoms with E-state index in [-0.39, 0.29) is 0 Å². The molecule has 1 atom stereocenters. The number of carboxylic acid groups (broad SMARTS) is 1. The number of hydrogen-bond acceptors (Lipinski definition) is 1. The summed E-state index contributed by atoms with van der Waals surface area (Å²) in [4.78, 5) is 11.3. The first-order valence-electron chi connectivity index (χ1n) is 5.69. The second-order valence-electron chi connectivity index (χ2n) is 4.86. The third kappa shape index (κ3) is 1.98. The Morgan fingerprint density at radius 1 is 1.39 bits per heavy atom. The predicted molar refractivity (Wildman–Crippen MR) is 59.4 cm³/mol. The van der Waals surface area contributed by atoms with Crippen LogP contribution in [0.25, 0.3) is 0 Å². The van der Waals surface area contributed by atoms with E-state index in [9.17, 15) is 23.1 Å². The molecule has 1 aliphatic rings. The van der Waals surface area contributed by atoms with Gasteiger partial charge in [0.15, 0.2) is 0 Å². The van der Waals surface area contributed by atoms with Crippen LogP contribution in [0.2, 0.25) is 0 Å². The molecule has 0 saturated carbocycles. The minimum atomic E-state index is -4.44. The van der Waals surface area contributed by atoms with Crippen molar-refractivity contribution in [3.63, 3.8) is 0 Å². The number of rotatable bonds is 1. The summed E-state index contributed by atoms with van der Waals surface area (Å²) >= 11 is 0. The van der Waals surface area contributed by atoms with Gasteiger partial charge in [0, 0.05) is 0 Å². The van der Waals surface area contributed by atoms with Crippen LogP contribution in [0.4, 0.5) is 13.2 Å². The average molecular weight is 258 g/mol. The topological polar surface area (TPSA) is 37.3 Å². The molecule has 0 spiro atoms. The van der Waals surface area contributed by atoms with E-state index in [2.05, 4.69) is 0 Å². The van der Waals surface area contributed by atoms with Crippen LogP contribution >= 0.6 is 0 Å². The zero-order valence-corrected chi connectivity index (χ0v) is 9.84. The quantitative estimate of drug-likeness (QED) is 0.838. The van der Waals surface area contributed by atoms with Crippen LogP contribution in [0, 0.1) is 0 Å². The predicted octanol–water partition coefficient (Wildman–Crippen LogP) is 3.38. The first kappa shape index (κ1) is 12.9. The third-order valence-corrected chi connectivity index (χ3v) is 3.63. The highest BCUT2D eigenvalue weighted by atomic mass is 19.4. The van der Waals surface area contributed by atoms with E-state index in [1.165, 1.54) is 13.0 Å². The van der Waals surface area contributed by atoms with Gasteiger partial charge < -0.3 is 5.11 Å². The Bertz CT molecular complexity index is 493. The molecule has 1 aromatic carbocycles. The smallest absolute Gasteiger partial charge is 0.416 e. The van der Waals surface area contributed by atoms with E-state index in [1.807, 2.05) is 0 Å². The Morgan fingerprint density at radius 3 is 2.61 bits per heavy atom. The fourth-order valence-corrected chi connectivity index (χ4v) is 2.47. The molecule has 1 unspecified atom stereocenters. The van der Waals surface area contributed by atoms with Crippen molar-refractivity contribution >= 4 is 5.97 Å². The summed E-state index contributed by atoms with van der Waals surface area (Å²) in [6.07, 6.45) is -2.75. The van der Waals surface area contributed by atoms with E-state index in [1.54, 1.807) is 0 Å². The number of carbonyl (C=O) groups is 1. The largest absolute Gasteiger partial charge is 0.481 e. The van der Waals surface area contributed by atoms with Gasteiger partial charge in [0.25, 0.3) is 0 Å². The Kier molecular flexibility index (Phi) is 2.87. The summed E-state index contributed by atoms with van der Waals surface area (Å²) in [5.74, 6) is -1.07. The van der Waals surface area contributed by atoms with Gasteiger partial charge in [0.1, 0.15) is 0 Å². The monoisotopic (exact) mass is 258 g/mol. The van der Waals surface area contributed by atoms with Crippen molar-refractivity contribution in [1.82, 2.24) is 0 Å². The number of halogens is 3. The zero-order chi connectivity index (χ0) is 13.6. The van der Waals surface area contributed by atoms with Crippen molar-refractivity contribution in [1.29, 1.82) is 0 Å². The van der Waals surface area contributed by atoms with Crippen LogP contribution in [-0.4, -0.2) is 11.1 Å². The average Bonchev–Trinajstić information content (AvgIpc) is 2.27. The van der Waals surface area contributed by atoms with Gasteiger partial charge in [-0.05, 0) is 49.4 Å². The van der Waals surface area contributed by atoms with Gasteiger partial charge in [0.05, 0.1) is 11.0 Å². The summed E-state index contributed by atoms with van der Waals surface area (Å²) in [6, 6.07) is 3.41. The van der Waals surface area contributed by atoms with Crippen LogP contribution < -0.4 is 0 Å². The van der Waals surface area contributed by atoms with Gasteiger partial charge >= 0.3 is 12.1 Å². The standard InChI is InChI=1S/C13H13F3O2/c1-12(11(17)18)6-2-3-8-4-5-9(7-10(8)12)13(14,15)16/h4-5,7H,2-3,6H2,1H3,(H,17,18). The highest BCUT2D eigenvalue weighted by Gasteiger charge is 2.41. The molecule has 0 bridgehead atoms. The highest BCUT2D eigenvalue weighted by molar-refractivity contribution is 5.82. The molecule has 0 amide bonds. The second kappa shape index (κ2) is 4.00. The van der Waals surface area contributed by atoms with Crippen molar-refractivity contribution in [3.05, 3.63) is 34.9 Å². The number of aliphatic carboxylic acids is 1. The fraction of sp³-hybridized carbons (Fsp3) is 0.462. The van der Waals surface area contributed by atoms with Crippen molar-refractivity contribution in [3.8, 4) is 0 Å². The van der Waals surface area contributed by atoms with E-state index in [4.69, 9.17) is 0 Å². The maximum Gasteiger partial charge on any atom is 0.416 e. The molecule has 0 heterocycles. The van der Waals surface area contributed by atoms with Crippen molar-refractivity contribution in [2.75, 3.05) is 0 Å². The number of carboxylic acids is 1. The summed E-state index contributed by atoms with van der Waals surface area (Å²) in [5, 5.41) is 9.26.